The third kappa shape index (κ3) is 2.74. The van der Waals surface area contributed by atoms with Crippen LogP contribution in [0.15, 0.2) is 54.6 Å². The van der Waals surface area contributed by atoms with E-state index >= 15 is 0 Å². The normalized spacial score (nSPS) is 16.4. The van der Waals surface area contributed by atoms with E-state index in [1.807, 2.05) is 36.4 Å². The monoisotopic (exact) mass is 379 g/mol. The summed E-state index contributed by atoms with van der Waals surface area (Å²) < 4.78 is 0. The van der Waals surface area contributed by atoms with Crippen molar-refractivity contribution in [3.05, 3.63) is 75.8 Å². The van der Waals surface area contributed by atoms with Gasteiger partial charge in [0, 0.05) is 18.0 Å². The highest BCUT2D eigenvalue weighted by Gasteiger charge is 2.33. The van der Waals surface area contributed by atoms with E-state index in [0.29, 0.717) is 16.5 Å². The molecule has 1 atom stereocenters. The lowest BCUT2D eigenvalue weighted by atomic mass is 9.81. The molecule has 2 nitrogen and oxygen atoms in total. The van der Waals surface area contributed by atoms with E-state index in [9.17, 15) is 4.79 Å². The van der Waals surface area contributed by atoms with Crippen molar-refractivity contribution in [1.82, 2.24) is 0 Å². The van der Waals surface area contributed by atoms with Gasteiger partial charge in [0.15, 0.2) is 0 Å². The molecule has 0 saturated heterocycles. The summed E-state index contributed by atoms with van der Waals surface area (Å²) in [6.45, 7) is 0.262. The van der Waals surface area contributed by atoms with E-state index in [4.69, 9.17) is 29.6 Å². The third-order valence-corrected chi connectivity index (χ3v) is 5.60. The number of anilines is 1. The van der Waals surface area contributed by atoms with Crippen LogP contribution in [0.25, 0.3) is 10.8 Å². The molecule has 4 heteroatoms. The first-order valence-corrected chi connectivity index (χ1v) is 9.06. The molecule has 128 valence electrons. The van der Waals surface area contributed by atoms with Crippen molar-refractivity contribution in [3.8, 4) is 12.3 Å². The van der Waals surface area contributed by atoms with Crippen LogP contribution in [0.1, 0.15) is 23.5 Å². The highest BCUT2D eigenvalue weighted by Crippen LogP contribution is 2.44. The summed E-state index contributed by atoms with van der Waals surface area (Å²) in [6, 6.07) is 17.8. The Hall–Kier alpha value is -2.47. The second-order valence-corrected chi connectivity index (χ2v) is 7.15. The Labute approximate surface area is 162 Å². The summed E-state index contributed by atoms with van der Waals surface area (Å²) in [7, 11) is 0. The zero-order valence-electron chi connectivity index (χ0n) is 13.9. The summed E-state index contributed by atoms with van der Waals surface area (Å²) in [5, 5.41) is 3.25. The highest BCUT2D eigenvalue weighted by atomic mass is 35.5. The smallest absolute Gasteiger partial charge is 0.228 e. The van der Waals surface area contributed by atoms with Crippen LogP contribution < -0.4 is 4.90 Å². The van der Waals surface area contributed by atoms with Gasteiger partial charge in [0.2, 0.25) is 5.91 Å². The lowest BCUT2D eigenvalue weighted by molar-refractivity contribution is -0.119. The molecule has 0 N–H and O–H groups in total. The summed E-state index contributed by atoms with van der Waals surface area (Å²) in [4.78, 5) is 14.5. The SMILES string of the molecule is C#CCN1C(=O)CC(c2ccc(Cl)c(Cl)c2)c2c1ccc1ccccc21. The molecule has 0 radical (unpaired) electrons. The van der Waals surface area contributed by atoms with Gasteiger partial charge in [-0.25, -0.2) is 0 Å². The van der Waals surface area contributed by atoms with Crippen LogP contribution in [0.3, 0.4) is 0 Å². The molecule has 0 saturated carbocycles. The fourth-order valence-electron chi connectivity index (χ4n) is 3.69. The zero-order chi connectivity index (χ0) is 18.3. The van der Waals surface area contributed by atoms with Crippen LogP contribution in [0.2, 0.25) is 10.0 Å². The Balaban J connectivity index is 1.99. The molecular formula is C22H15Cl2NO. The maximum absolute atomic E-state index is 12.8. The maximum atomic E-state index is 12.8. The van der Waals surface area contributed by atoms with Gasteiger partial charge >= 0.3 is 0 Å². The Morgan fingerprint density at radius 1 is 1.08 bits per heavy atom. The van der Waals surface area contributed by atoms with Gasteiger partial charge in [0.25, 0.3) is 0 Å². The van der Waals surface area contributed by atoms with E-state index in [0.717, 1.165) is 27.6 Å². The first-order valence-electron chi connectivity index (χ1n) is 8.30. The first-order chi connectivity index (χ1) is 12.6. The van der Waals surface area contributed by atoms with E-state index < -0.39 is 0 Å². The van der Waals surface area contributed by atoms with Crippen LogP contribution in [0.5, 0.6) is 0 Å². The molecule has 1 heterocycles. The van der Waals surface area contributed by atoms with Crippen molar-refractivity contribution >= 4 is 45.6 Å². The summed E-state index contributed by atoms with van der Waals surface area (Å²) in [5.41, 5.74) is 2.95. The number of hydrogen-bond donors (Lipinski definition) is 0. The topological polar surface area (TPSA) is 20.3 Å². The number of carbonyl (C=O) groups excluding carboxylic acids is 1. The number of amides is 1. The van der Waals surface area contributed by atoms with Gasteiger partial charge in [0.1, 0.15) is 0 Å². The molecular weight excluding hydrogens is 365 g/mol. The van der Waals surface area contributed by atoms with Crippen molar-refractivity contribution in [2.75, 3.05) is 11.4 Å². The van der Waals surface area contributed by atoms with Crippen LogP contribution in [0, 0.1) is 12.3 Å². The number of halogens is 2. The molecule has 1 aliphatic heterocycles. The quantitative estimate of drug-likeness (QED) is 0.526. The number of terminal acetylenes is 1. The minimum Gasteiger partial charge on any atom is -0.300 e. The number of hydrogen-bond acceptors (Lipinski definition) is 1. The second-order valence-electron chi connectivity index (χ2n) is 6.33. The molecule has 0 spiro atoms. The molecule has 0 bridgehead atoms. The zero-order valence-corrected chi connectivity index (χ0v) is 15.4. The van der Waals surface area contributed by atoms with Gasteiger partial charge in [-0.2, -0.15) is 0 Å². The number of fused-ring (bicyclic) bond motifs is 3. The van der Waals surface area contributed by atoms with E-state index in [-0.39, 0.29) is 18.4 Å². The standard InChI is InChI=1S/C22H15Cl2NO/c1-2-11-25-20-10-8-14-5-3-4-6-16(14)22(20)17(13-21(25)26)15-7-9-18(23)19(24)12-15/h1,3-10,12,17H,11,13H2. The minimum atomic E-state index is -0.0904. The van der Waals surface area contributed by atoms with Crippen LogP contribution in [0.4, 0.5) is 5.69 Å². The van der Waals surface area contributed by atoms with Crippen molar-refractivity contribution in [3.63, 3.8) is 0 Å². The Kier molecular flexibility index (Phi) is 4.36. The highest BCUT2D eigenvalue weighted by molar-refractivity contribution is 6.42. The molecule has 1 aliphatic rings. The number of nitrogens with zero attached hydrogens (tertiary/aromatic N) is 1. The number of benzene rings is 3. The molecule has 1 amide bonds. The maximum Gasteiger partial charge on any atom is 0.228 e. The summed E-state index contributed by atoms with van der Waals surface area (Å²) in [6.07, 6.45) is 5.85. The molecule has 26 heavy (non-hydrogen) atoms. The average Bonchev–Trinajstić information content (AvgIpc) is 2.65. The number of carbonyl (C=O) groups is 1. The molecule has 1 unspecified atom stereocenters. The van der Waals surface area contributed by atoms with E-state index in [2.05, 4.69) is 18.1 Å². The Bertz CT molecular complexity index is 1070. The predicted molar refractivity (Wildman–Crippen MR) is 108 cm³/mol. The predicted octanol–water partition coefficient (Wildman–Crippen LogP) is 5.65. The largest absolute Gasteiger partial charge is 0.300 e. The van der Waals surface area contributed by atoms with Gasteiger partial charge in [-0.15, -0.1) is 6.42 Å². The molecule has 0 aliphatic carbocycles. The molecule has 3 aromatic carbocycles. The minimum absolute atomic E-state index is 0.0156. The second kappa shape index (κ2) is 6.68. The molecule has 3 aromatic rings. The fourth-order valence-corrected chi connectivity index (χ4v) is 3.99. The molecule has 0 aromatic heterocycles. The average molecular weight is 380 g/mol. The lowest BCUT2D eigenvalue weighted by Crippen LogP contribution is -2.37. The number of rotatable bonds is 2. The van der Waals surface area contributed by atoms with Gasteiger partial charge < -0.3 is 4.90 Å². The van der Waals surface area contributed by atoms with E-state index in [1.54, 1.807) is 11.0 Å². The van der Waals surface area contributed by atoms with Gasteiger partial charge in [-0.1, -0.05) is 65.5 Å². The van der Waals surface area contributed by atoms with Gasteiger partial charge in [0.05, 0.1) is 16.6 Å². The van der Waals surface area contributed by atoms with Crippen LogP contribution in [-0.4, -0.2) is 12.5 Å². The van der Waals surface area contributed by atoms with Crippen LogP contribution >= 0.6 is 23.2 Å². The lowest BCUT2D eigenvalue weighted by Gasteiger charge is -2.34. The first kappa shape index (κ1) is 17.0. The van der Waals surface area contributed by atoms with E-state index in [1.165, 1.54) is 0 Å². The summed E-state index contributed by atoms with van der Waals surface area (Å²) in [5.74, 6) is 2.52. The third-order valence-electron chi connectivity index (χ3n) is 4.86. The van der Waals surface area contributed by atoms with Crippen LogP contribution in [-0.2, 0) is 4.79 Å². The fraction of sp³-hybridized carbons (Fsp3) is 0.136. The van der Waals surface area contributed by atoms with Crippen molar-refractivity contribution < 1.29 is 4.79 Å². The Morgan fingerprint density at radius 3 is 2.65 bits per heavy atom. The van der Waals surface area contributed by atoms with Gasteiger partial charge in [-0.3, -0.25) is 4.79 Å². The van der Waals surface area contributed by atoms with Gasteiger partial charge in [-0.05, 0) is 40.1 Å². The molecule has 0 fully saturated rings. The molecule has 4 rings (SSSR count). The van der Waals surface area contributed by atoms with Crippen molar-refractivity contribution in [2.24, 2.45) is 0 Å². The van der Waals surface area contributed by atoms with Crippen molar-refractivity contribution in [1.29, 1.82) is 0 Å². The van der Waals surface area contributed by atoms with Crippen molar-refractivity contribution in [2.45, 2.75) is 12.3 Å². The Morgan fingerprint density at radius 2 is 1.88 bits per heavy atom. The summed E-state index contributed by atoms with van der Waals surface area (Å²) >= 11 is 12.3.